The molecule has 0 aromatic rings. The van der Waals surface area contributed by atoms with Crippen LogP contribution in [-0.2, 0) is 47.7 Å². The van der Waals surface area contributed by atoms with Gasteiger partial charge in [-0.25, -0.2) is 0 Å². The van der Waals surface area contributed by atoms with Gasteiger partial charge in [0.1, 0.15) is 17.8 Å². The van der Waals surface area contributed by atoms with Crippen LogP contribution in [0.15, 0.2) is 11.1 Å². The summed E-state index contributed by atoms with van der Waals surface area (Å²) in [6.07, 6.45) is -4.23. The minimum atomic E-state index is -1.22. The molecule has 0 amide bonds. The van der Waals surface area contributed by atoms with Crippen molar-refractivity contribution >= 4 is 29.7 Å². The third kappa shape index (κ3) is 4.74. The van der Waals surface area contributed by atoms with Gasteiger partial charge in [0.05, 0.1) is 19.3 Å². The minimum absolute atomic E-state index is 0.0403. The Balaban J connectivity index is 2.10. The maximum Gasteiger partial charge on any atom is 0.303 e. The summed E-state index contributed by atoms with van der Waals surface area (Å²) in [5.74, 6) is -4.70. The summed E-state index contributed by atoms with van der Waals surface area (Å²) in [6, 6.07) is 0. The maximum absolute atomic E-state index is 13.5. The first kappa shape index (κ1) is 30.2. The first-order valence-electron chi connectivity index (χ1n) is 13.7. The lowest BCUT2D eigenvalue weighted by atomic mass is 9.45. The van der Waals surface area contributed by atoms with E-state index in [1.807, 2.05) is 20.8 Å². The fourth-order valence-corrected chi connectivity index (χ4v) is 7.94. The molecule has 3 aliphatic carbocycles. The lowest BCUT2D eigenvalue weighted by Gasteiger charge is -2.62. The van der Waals surface area contributed by atoms with Crippen molar-refractivity contribution in [1.82, 2.24) is 0 Å². The minimum Gasteiger partial charge on any atom is -0.466 e. The molecule has 11 nitrogen and oxygen atoms in total. The first-order chi connectivity index (χ1) is 18.5. The number of carbonyl (C=O) groups is 5. The van der Waals surface area contributed by atoms with E-state index in [1.165, 1.54) is 27.7 Å². The molecule has 0 aromatic heterocycles. The van der Waals surface area contributed by atoms with E-state index in [0.717, 1.165) is 0 Å². The molecule has 4 aliphatic rings. The van der Waals surface area contributed by atoms with Crippen LogP contribution >= 0.6 is 0 Å². The van der Waals surface area contributed by atoms with Crippen molar-refractivity contribution in [1.29, 1.82) is 0 Å². The molecule has 222 valence electrons. The van der Waals surface area contributed by atoms with Crippen molar-refractivity contribution in [3.8, 4) is 0 Å². The molecule has 2 bridgehead atoms. The molecule has 1 heterocycles. The Kier molecular flexibility index (Phi) is 7.73. The van der Waals surface area contributed by atoms with Crippen LogP contribution in [-0.4, -0.2) is 78.0 Å². The van der Waals surface area contributed by atoms with E-state index in [1.54, 1.807) is 6.92 Å². The number of esters is 4. The molecule has 3 fully saturated rings. The number of carbonyl (C=O) groups excluding carboxylic acids is 5. The highest BCUT2D eigenvalue weighted by atomic mass is 16.6. The summed E-state index contributed by atoms with van der Waals surface area (Å²) in [7, 11) is 0. The van der Waals surface area contributed by atoms with E-state index in [2.05, 4.69) is 0 Å². The number of fused-ring (bicyclic) bond motifs is 4. The summed E-state index contributed by atoms with van der Waals surface area (Å²) < 4.78 is 29.5. The maximum atomic E-state index is 13.5. The molecule has 0 aromatic carbocycles. The van der Waals surface area contributed by atoms with E-state index in [0.29, 0.717) is 11.1 Å². The summed E-state index contributed by atoms with van der Waals surface area (Å²) in [5, 5.41) is 11.5. The fourth-order valence-electron chi connectivity index (χ4n) is 7.94. The molecule has 1 saturated heterocycles. The first-order valence-corrected chi connectivity index (χ1v) is 13.7. The van der Waals surface area contributed by atoms with Crippen LogP contribution in [0.5, 0.6) is 0 Å². The summed E-state index contributed by atoms with van der Waals surface area (Å²) >= 11 is 0. The van der Waals surface area contributed by atoms with Crippen molar-refractivity contribution in [3.05, 3.63) is 11.1 Å². The van der Waals surface area contributed by atoms with Gasteiger partial charge in [-0.15, -0.1) is 0 Å². The van der Waals surface area contributed by atoms with Gasteiger partial charge in [-0.3, -0.25) is 24.0 Å². The van der Waals surface area contributed by atoms with Gasteiger partial charge in [0, 0.05) is 57.3 Å². The molecule has 2 saturated carbocycles. The number of allylic oxidation sites excluding steroid dienone is 1. The fraction of sp³-hybridized carbons (Fsp3) is 0.759. The highest BCUT2D eigenvalue weighted by molar-refractivity contribution is 5.97. The third-order valence-electron chi connectivity index (χ3n) is 9.75. The van der Waals surface area contributed by atoms with Gasteiger partial charge in [0.2, 0.25) is 0 Å². The van der Waals surface area contributed by atoms with E-state index >= 15 is 0 Å². The zero-order valence-corrected chi connectivity index (χ0v) is 24.4. The number of ether oxygens (including phenoxy) is 5. The molecule has 1 N–H and O–H groups in total. The quantitative estimate of drug-likeness (QED) is 0.296. The van der Waals surface area contributed by atoms with Gasteiger partial charge >= 0.3 is 23.9 Å². The van der Waals surface area contributed by atoms with E-state index < -0.39 is 82.5 Å². The van der Waals surface area contributed by atoms with Gasteiger partial charge in [0.25, 0.3) is 0 Å². The number of Topliss-reactive ketones (excluding diaryl/α,β-unsaturated/α-hetero) is 1. The van der Waals surface area contributed by atoms with Gasteiger partial charge < -0.3 is 28.8 Å². The van der Waals surface area contributed by atoms with Gasteiger partial charge in [0.15, 0.2) is 11.9 Å². The third-order valence-corrected chi connectivity index (χ3v) is 9.75. The number of hydrogen-bond acceptors (Lipinski definition) is 11. The van der Waals surface area contributed by atoms with Gasteiger partial charge in [-0.05, 0) is 29.9 Å². The number of hydrogen-bond donors (Lipinski definition) is 1. The van der Waals surface area contributed by atoms with Crippen molar-refractivity contribution in [2.75, 3.05) is 13.2 Å². The van der Waals surface area contributed by atoms with Crippen LogP contribution in [0.1, 0.15) is 68.2 Å². The van der Waals surface area contributed by atoms with E-state index in [-0.39, 0.29) is 31.8 Å². The van der Waals surface area contributed by atoms with Crippen LogP contribution in [0.2, 0.25) is 0 Å². The number of aliphatic hydroxyl groups is 1. The van der Waals surface area contributed by atoms with Crippen LogP contribution in [0.3, 0.4) is 0 Å². The standard InChI is InChI=1S/C29H40O11/c1-13-20(34)10-19-23(38-15(3)31)25-28(8,18(11-36-14(2)30)9-21(35)29(25)12-37-29)26(40-17(5)33)24(39-16(4)32)22(13)27(19,6)7/h18-19,21,23-26,35H,9-12H2,1-8H3. The van der Waals surface area contributed by atoms with Crippen molar-refractivity contribution in [3.63, 3.8) is 0 Å². The number of ketones is 1. The Morgan fingerprint density at radius 1 is 0.950 bits per heavy atom. The number of epoxide rings is 1. The monoisotopic (exact) mass is 564 g/mol. The van der Waals surface area contributed by atoms with Crippen LogP contribution in [0.4, 0.5) is 0 Å². The Morgan fingerprint density at radius 3 is 2.02 bits per heavy atom. The second-order valence-electron chi connectivity index (χ2n) is 12.5. The van der Waals surface area contributed by atoms with Crippen molar-refractivity contribution < 1.29 is 52.8 Å². The molecule has 9 atom stereocenters. The van der Waals surface area contributed by atoms with Crippen LogP contribution < -0.4 is 0 Å². The van der Waals surface area contributed by atoms with Crippen molar-refractivity contribution in [2.24, 2.45) is 28.6 Å². The largest absolute Gasteiger partial charge is 0.466 e. The SMILES string of the molecule is CC(=O)OCC1CC(O)C2(CO2)C2C(OC(C)=O)C3CC(=O)C(C)=C(C(OC(C)=O)C(OC(C)=O)C12C)C3(C)C. The predicted octanol–water partition coefficient (Wildman–Crippen LogP) is 2.06. The lowest BCUT2D eigenvalue weighted by Crippen LogP contribution is -2.71. The number of rotatable bonds is 5. The normalized spacial score (nSPS) is 39.8. The molecular formula is C29H40O11. The molecule has 0 radical (unpaired) electrons. The van der Waals surface area contributed by atoms with Crippen LogP contribution in [0.25, 0.3) is 0 Å². The van der Waals surface area contributed by atoms with Crippen molar-refractivity contribution in [2.45, 2.75) is 98.2 Å². The molecule has 1 aliphatic heterocycles. The molecule has 9 unspecified atom stereocenters. The smallest absolute Gasteiger partial charge is 0.303 e. The Bertz CT molecular complexity index is 1150. The average Bonchev–Trinajstić information content (AvgIpc) is 3.60. The Morgan fingerprint density at radius 2 is 1.52 bits per heavy atom. The summed E-state index contributed by atoms with van der Waals surface area (Å²) in [4.78, 5) is 63.4. The van der Waals surface area contributed by atoms with E-state index in [4.69, 9.17) is 23.7 Å². The zero-order valence-electron chi connectivity index (χ0n) is 24.4. The lowest BCUT2D eigenvalue weighted by molar-refractivity contribution is -0.242. The topological polar surface area (TPSA) is 155 Å². The van der Waals surface area contributed by atoms with Crippen LogP contribution in [0, 0.1) is 28.6 Å². The highest BCUT2D eigenvalue weighted by Gasteiger charge is 2.76. The molecule has 4 rings (SSSR count). The van der Waals surface area contributed by atoms with E-state index in [9.17, 15) is 29.1 Å². The molecule has 40 heavy (non-hydrogen) atoms. The summed E-state index contributed by atoms with van der Waals surface area (Å²) in [6.45, 7) is 12.3. The Hall–Kier alpha value is -2.79. The second kappa shape index (κ2) is 10.2. The second-order valence-corrected chi connectivity index (χ2v) is 12.5. The molecular weight excluding hydrogens is 524 g/mol. The predicted molar refractivity (Wildman–Crippen MR) is 137 cm³/mol. The van der Waals surface area contributed by atoms with Gasteiger partial charge in [-0.2, -0.15) is 0 Å². The molecule has 1 spiro atoms. The highest BCUT2D eigenvalue weighted by Crippen LogP contribution is 2.66. The zero-order chi connectivity index (χ0) is 29.9. The Labute approximate surface area is 233 Å². The number of aliphatic hydroxyl groups excluding tert-OH is 1. The average molecular weight is 565 g/mol. The summed E-state index contributed by atoms with van der Waals surface area (Å²) in [5.41, 5.74) is -2.42. The molecule has 11 heteroatoms. The van der Waals surface area contributed by atoms with Gasteiger partial charge in [-0.1, -0.05) is 20.8 Å².